The summed E-state index contributed by atoms with van der Waals surface area (Å²) in [5, 5.41) is 12.4. The van der Waals surface area contributed by atoms with Gasteiger partial charge in [-0.25, -0.2) is 0 Å². The summed E-state index contributed by atoms with van der Waals surface area (Å²) >= 11 is 0. The summed E-state index contributed by atoms with van der Waals surface area (Å²) < 4.78 is 10.2. The highest BCUT2D eigenvalue weighted by Crippen LogP contribution is 2.24. The van der Waals surface area contributed by atoms with Crippen molar-refractivity contribution in [3.05, 3.63) is 11.7 Å². The lowest BCUT2D eigenvalue weighted by Gasteiger charge is -2.18. The second-order valence-corrected chi connectivity index (χ2v) is 3.83. The Morgan fingerprint density at radius 1 is 1.44 bits per heavy atom. The second-order valence-electron chi connectivity index (χ2n) is 3.83. The summed E-state index contributed by atoms with van der Waals surface area (Å²) in [5.41, 5.74) is 0. The Bertz CT molecular complexity index is 357. The molecule has 1 saturated heterocycles. The quantitative estimate of drug-likeness (QED) is 0.823. The third-order valence-corrected chi connectivity index (χ3v) is 2.62. The Labute approximate surface area is 92.6 Å². The first kappa shape index (κ1) is 11.1. The maximum Gasteiger partial charge on any atom is 0.303 e. The molecule has 6 nitrogen and oxygen atoms in total. The fraction of sp³-hybridized carbons (Fsp3) is 0.700. The van der Waals surface area contributed by atoms with Crippen LogP contribution in [0, 0.1) is 0 Å². The zero-order chi connectivity index (χ0) is 11.4. The van der Waals surface area contributed by atoms with E-state index in [1.807, 2.05) is 0 Å². The van der Waals surface area contributed by atoms with E-state index in [1.165, 1.54) is 0 Å². The molecule has 0 bridgehead atoms. The minimum atomic E-state index is -0.856. The zero-order valence-corrected chi connectivity index (χ0v) is 8.89. The van der Waals surface area contributed by atoms with Crippen molar-refractivity contribution < 1.29 is 19.2 Å². The van der Waals surface area contributed by atoms with Crippen molar-refractivity contribution in [1.29, 1.82) is 0 Å². The molecule has 1 aromatic rings. The number of carboxylic acid groups (broad SMARTS) is 1. The van der Waals surface area contributed by atoms with Crippen molar-refractivity contribution in [3.63, 3.8) is 0 Å². The molecule has 0 amide bonds. The molecule has 0 radical (unpaired) electrons. The van der Waals surface area contributed by atoms with Gasteiger partial charge in [0.05, 0.1) is 6.42 Å². The van der Waals surface area contributed by atoms with Crippen LogP contribution >= 0.6 is 0 Å². The van der Waals surface area contributed by atoms with Crippen LogP contribution in [0.2, 0.25) is 0 Å². The van der Waals surface area contributed by atoms with Crippen LogP contribution in [0.3, 0.4) is 0 Å². The van der Waals surface area contributed by atoms with E-state index in [9.17, 15) is 4.79 Å². The number of hydrogen-bond donors (Lipinski definition) is 1. The highest BCUT2D eigenvalue weighted by Gasteiger charge is 2.21. The van der Waals surface area contributed by atoms with Crippen molar-refractivity contribution in [1.82, 2.24) is 10.1 Å². The van der Waals surface area contributed by atoms with E-state index in [0.29, 0.717) is 18.1 Å². The van der Waals surface area contributed by atoms with Gasteiger partial charge in [-0.15, -0.1) is 0 Å². The molecule has 88 valence electrons. The van der Waals surface area contributed by atoms with E-state index in [2.05, 4.69) is 10.1 Å². The fourth-order valence-corrected chi connectivity index (χ4v) is 1.71. The number of aromatic nitrogens is 2. The van der Waals surface area contributed by atoms with E-state index in [-0.39, 0.29) is 12.3 Å². The number of carbonyl (C=O) groups is 1. The van der Waals surface area contributed by atoms with Crippen LogP contribution in [0.15, 0.2) is 4.52 Å². The van der Waals surface area contributed by atoms with Crippen molar-refractivity contribution in [2.75, 3.05) is 13.2 Å². The van der Waals surface area contributed by atoms with Gasteiger partial charge in [0.1, 0.15) is 0 Å². The molecular formula is C10H14N2O4. The lowest BCUT2D eigenvalue weighted by atomic mass is 10.00. The Balaban J connectivity index is 1.93. The average molecular weight is 226 g/mol. The highest BCUT2D eigenvalue weighted by molar-refractivity contribution is 5.66. The van der Waals surface area contributed by atoms with E-state index in [1.54, 1.807) is 0 Å². The molecule has 1 aliphatic rings. The molecule has 2 heterocycles. The molecule has 0 atom stereocenters. The van der Waals surface area contributed by atoms with Crippen LogP contribution < -0.4 is 0 Å². The molecular weight excluding hydrogens is 212 g/mol. The lowest BCUT2D eigenvalue weighted by Crippen LogP contribution is -2.15. The van der Waals surface area contributed by atoms with Crippen molar-refractivity contribution >= 4 is 5.97 Å². The normalized spacial score (nSPS) is 17.5. The minimum absolute atomic E-state index is 0.0232. The zero-order valence-electron chi connectivity index (χ0n) is 8.89. The third-order valence-electron chi connectivity index (χ3n) is 2.62. The molecule has 1 aliphatic heterocycles. The molecule has 1 fully saturated rings. The number of hydrogen-bond acceptors (Lipinski definition) is 5. The van der Waals surface area contributed by atoms with Gasteiger partial charge in [0.2, 0.25) is 5.89 Å². The SMILES string of the molecule is O=C(O)CCc1nc(C2CCOCC2)no1. The number of rotatable bonds is 4. The largest absolute Gasteiger partial charge is 0.481 e. The van der Waals surface area contributed by atoms with Gasteiger partial charge in [0.15, 0.2) is 5.82 Å². The molecule has 2 rings (SSSR count). The number of ether oxygens (including phenoxy) is 1. The summed E-state index contributed by atoms with van der Waals surface area (Å²) in [4.78, 5) is 14.6. The monoisotopic (exact) mass is 226 g/mol. The molecule has 16 heavy (non-hydrogen) atoms. The van der Waals surface area contributed by atoms with Gasteiger partial charge in [-0.2, -0.15) is 4.98 Å². The van der Waals surface area contributed by atoms with Gasteiger partial charge < -0.3 is 14.4 Å². The molecule has 6 heteroatoms. The number of carboxylic acids is 1. The van der Waals surface area contributed by atoms with Gasteiger partial charge in [-0.3, -0.25) is 4.79 Å². The molecule has 1 aromatic heterocycles. The topological polar surface area (TPSA) is 85.5 Å². The Morgan fingerprint density at radius 2 is 2.19 bits per heavy atom. The van der Waals surface area contributed by atoms with Crippen LogP contribution in [-0.4, -0.2) is 34.4 Å². The van der Waals surface area contributed by atoms with Gasteiger partial charge in [-0.1, -0.05) is 5.16 Å². The minimum Gasteiger partial charge on any atom is -0.481 e. The van der Waals surface area contributed by atoms with Crippen LogP contribution in [-0.2, 0) is 16.0 Å². The molecule has 1 N–H and O–H groups in total. The standard InChI is InChI=1S/C10H14N2O4/c13-9(14)2-1-8-11-10(12-16-8)7-3-5-15-6-4-7/h7H,1-6H2,(H,13,14). The smallest absolute Gasteiger partial charge is 0.303 e. The van der Waals surface area contributed by atoms with Gasteiger partial charge in [0, 0.05) is 25.6 Å². The van der Waals surface area contributed by atoms with E-state index >= 15 is 0 Å². The maximum absolute atomic E-state index is 10.4. The average Bonchev–Trinajstić information content (AvgIpc) is 2.76. The highest BCUT2D eigenvalue weighted by atomic mass is 16.5. The number of aliphatic carboxylic acids is 1. The van der Waals surface area contributed by atoms with Crippen LogP contribution in [0.25, 0.3) is 0 Å². The van der Waals surface area contributed by atoms with Crippen LogP contribution in [0.5, 0.6) is 0 Å². The second kappa shape index (κ2) is 5.07. The molecule has 0 spiro atoms. The number of aryl methyl sites for hydroxylation is 1. The first-order valence-corrected chi connectivity index (χ1v) is 5.37. The number of nitrogens with zero attached hydrogens (tertiary/aromatic N) is 2. The van der Waals surface area contributed by atoms with Crippen molar-refractivity contribution in [2.45, 2.75) is 31.6 Å². The van der Waals surface area contributed by atoms with Crippen molar-refractivity contribution in [3.8, 4) is 0 Å². The molecule has 0 unspecified atom stereocenters. The molecule has 0 aliphatic carbocycles. The Morgan fingerprint density at radius 3 is 2.88 bits per heavy atom. The summed E-state index contributed by atoms with van der Waals surface area (Å²) in [7, 11) is 0. The van der Waals surface area contributed by atoms with Crippen LogP contribution in [0.4, 0.5) is 0 Å². The molecule has 0 aromatic carbocycles. The van der Waals surface area contributed by atoms with E-state index < -0.39 is 5.97 Å². The van der Waals surface area contributed by atoms with E-state index in [0.717, 1.165) is 26.1 Å². The summed E-state index contributed by atoms with van der Waals surface area (Å²) in [6, 6.07) is 0. The maximum atomic E-state index is 10.4. The van der Waals surface area contributed by atoms with Crippen molar-refractivity contribution in [2.24, 2.45) is 0 Å². The van der Waals surface area contributed by atoms with Gasteiger partial charge in [0.25, 0.3) is 0 Å². The fourth-order valence-electron chi connectivity index (χ4n) is 1.71. The molecule has 0 saturated carbocycles. The first-order valence-electron chi connectivity index (χ1n) is 5.37. The predicted molar refractivity (Wildman–Crippen MR) is 53.0 cm³/mol. The van der Waals surface area contributed by atoms with Crippen LogP contribution in [0.1, 0.15) is 36.9 Å². The Kier molecular flexibility index (Phi) is 3.51. The van der Waals surface area contributed by atoms with Gasteiger partial charge >= 0.3 is 5.97 Å². The first-order chi connectivity index (χ1) is 7.75. The summed E-state index contributed by atoms with van der Waals surface area (Å²) in [6.45, 7) is 1.45. The third kappa shape index (κ3) is 2.79. The summed E-state index contributed by atoms with van der Waals surface area (Å²) in [6.07, 6.45) is 2.12. The summed E-state index contributed by atoms with van der Waals surface area (Å²) in [5.74, 6) is 0.523. The van der Waals surface area contributed by atoms with Gasteiger partial charge in [-0.05, 0) is 12.8 Å². The lowest BCUT2D eigenvalue weighted by molar-refractivity contribution is -0.137. The predicted octanol–water partition coefficient (Wildman–Crippen LogP) is 0.981. The Hall–Kier alpha value is -1.43. The van der Waals surface area contributed by atoms with E-state index in [4.69, 9.17) is 14.4 Å².